The Labute approximate surface area is 143 Å². The summed E-state index contributed by atoms with van der Waals surface area (Å²) < 4.78 is 32.1. The SMILES string of the molecule is CCCCCC(CCCCCCCC(O)CCCC)S(=O)(=O)O. The van der Waals surface area contributed by atoms with E-state index in [0.717, 1.165) is 77.0 Å². The molecular weight excluding hydrogens is 312 g/mol. The summed E-state index contributed by atoms with van der Waals surface area (Å²) in [7, 11) is -3.90. The molecule has 0 radical (unpaired) electrons. The van der Waals surface area contributed by atoms with Crippen LogP contribution >= 0.6 is 0 Å². The standard InChI is InChI=1S/C18H38O4S/c1-3-5-10-15-18(23(20,21)22)16-12-9-7-8-11-14-17(19)13-6-4-2/h17-19H,3-16H2,1-2H3,(H,20,21,22). The zero-order valence-electron chi connectivity index (χ0n) is 15.2. The van der Waals surface area contributed by atoms with E-state index in [2.05, 4.69) is 13.8 Å². The van der Waals surface area contributed by atoms with Gasteiger partial charge < -0.3 is 5.11 Å². The average Bonchev–Trinajstić information content (AvgIpc) is 2.49. The van der Waals surface area contributed by atoms with Crippen LogP contribution in [0.25, 0.3) is 0 Å². The van der Waals surface area contributed by atoms with E-state index < -0.39 is 15.4 Å². The van der Waals surface area contributed by atoms with Gasteiger partial charge in [-0.15, -0.1) is 0 Å². The monoisotopic (exact) mass is 350 g/mol. The van der Waals surface area contributed by atoms with Crippen molar-refractivity contribution < 1.29 is 18.1 Å². The Morgan fingerprint density at radius 1 is 0.696 bits per heavy atom. The van der Waals surface area contributed by atoms with Crippen LogP contribution in [0.4, 0.5) is 0 Å². The Bertz CT molecular complexity index is 354. The van der Waals surface area contributed by atoms with Gasteiger partial charge in [0, 0.05) is 0 Å². The maximum absolute atomic E-state index is 11.4. The lowest BCUT2D eigenvalue weighted by molar-refractivity contribution is 0.148. The quantitative estimate of drug-likeness (QED) is 0.300. The van der Waals surface area contributed by atoms with Gasteiger partial charge in [0.05, 0.1) is 11.4 Å². The summed E-state index contributed by atoms with van der Waals surface area (Å²) in [5.41, 5.74) is 0. The smallest absolute Gasteiger partial charge is 0.267 e. The molecule has 0 rings (SSSR count). The van der Waals surface area contributed by atoms with Crippen molar-refractivity contribution >= 4 is 10.1 Å². The van der Waals surface area contributed by atoms with Gasteiger partial charge in [0.25, 0.3) is 10.1 Å². The highest BCUT2D eigenvalue weighted by Gasteiger charge is 2.21. The lowest BCUT2D eigenvalue weighted by Crippen LogP contribution is -2.20. The largest absolute Gasteiger partial charge is 0.393 e. The molecule has 0 aliphatic heterocycles. The molecule has 0 aromatic carbocycles. The van der Waals surface area contributed by atoms with Gasteiger partial charge in [-0.05, 0) is 25.7 Å². The molecule has 23 heavy (non-hydrogen) atoms. The first-order chi connectivity index (χ1) is 10.9. The Hall–Kier alpha value is -0.130. The minimum Gasteiger partial charge on any atom is -0.393 e. The van der Waals surface area contributed by atoms with Crippen molar-refractivity contribution in [3.05, 3.63) is 0 Å². The predicted molar refractivity (Wildman–Crippen MR) is 97.3 cm³/mol. The highest BCUT2D eigenvalue weighted by molar-refractivity contribution is 7.86. The fourth-order valence-electron chi connectivity index (χ4n) is 2.93. The molecule has 0 spiro atoms. The lowest BCUT2D eigenvalue weighted by atomic mass is 10.0. The van der Waals surface area contributed by atoms with Crippen LogP contribution in [0, 0.1) is 0 Å². The maximum atomic E-state index is 11.4. The summed E-state index contributed by atoms with van der Waals surface area (Å²) in [6.07, 6.45) is 13.0. The van der Waals surface area contributed by atoms with E-state index in [0.29, 0.717) is 12.8 Å². The number of unbranched alkanes of at least 4 members (excludes halogenated alkanes) is 7. The van der Waals surface area contributed by atoms with Crippen LogP contribution in [0.1, 0.15) is 104 Å². The summed E-state index contributed by atoms with van der Waals surface area (Å²) in [4.78, 5) is 0. The molecule has 0 saturated heterocycles. The van der Waals surface area contributed by atoms with E-state index >= 15 is 0 Å². The number of hydrogen-bond donors (Lipinski definition) is 2. The van der Waals surface area contributed by atoms with Crippen molar-refractivity contribution in [1.82, 2.24) is 0 Å². The third-order valence-electron chi connectivity index (χ3n) is 4.51. The highest BCUT2D eigenvalue weighted by Crippen LogP contribution is 2.18. The van der Waals surface area contributed by atoms with Gasteiger partial charge in [-0.1, -0.05) is 78.1 Å². The van der Waals surface area contributed by atoms with Gasteiger partial charge >= 0.3 is 0 Å². The van der Waals surface area contributed by atoms with Gasteiger partial charge in [0.15, 0.2) is 0 Å². The maximum Gasteiger partial charge on any atom is 0.267 e. The van der Waals surface area contributed by atoms with Crippen molar-refractivity contribution in [2.24, 2.45) is 0 Å². The Morgan fingerprint density at radius 2 is 1.13 bits per heavy atom. The molecule has 140 valence electrons. The first-order valence-corrected chi connectivity index (χ1v) is 11.1. The molecule has 0 heterocycles. The molecule has 5 heteroatoms. The fraction of sp³-hybridized carbons (Fsp3) is 1.00. The van der Waals surface area contributed by atoms with Gasteiger partial charge in [-0.25, -0.2) is 0 Å². The second kappa shape index (κ2) is 14.2. The van der Waals surface area contributed by atoms with Crippen LogP contribution in [0.3, 0.4) is 0 Å². The second-order valence-corrected chi connectivity index (χ2v) is 8.47. The van der Waals surface area contributed by atoms with Crippen LogP contribution in [-0.2, 0) is 10.1 Å². The molecule has 0 saturated carbocycles. The molecule has 0 aromatic rings. The minimum atomic E-state index is -3.90. The average molecular weight is 351 g/mol. The molecule has 2 atom stereocenters. The summed E-state index contributed by atoms with van der Waals surface area (Å²) in [6, 6.07) is 0. The van der Waals surface area contributed by atoms with Gasteiger partial charge in [-0.2, -0.15) is 8.42 Å². The van der Waals surface area contributed by atoms with Gasteiger partial charge in [0.2, 0.25) is 0 Å². The normalized spacial score (nSPS) is 14.8. The predicted octanol–water partition coefficient (Wildman–Crippen LogP) is 5.10. The third-order valence-corrected chi connectivity index (χ3v) is 5.82. The van der Waals surface area contributed by atoms with Crippen molar-refractivity contribution in [3.8, 4) is 0 Å². The molecular formula is C18H38O4S. The zero-order chi connectivity index (χ0) is 17.6. The van der Waals surface area contributed by atoms with E-state index in [9.17, 15) is 18.1 Å². The zero-order valence-corrected chi connectivity index (χ0v) is 16.0. The number of hydrogen-bond acceptors (Lipinski definition) is 3. The van der Waals surface area contributed by atoms with Crippen molar-refractivity contribution in [3.63, 3.8) is 0 Å². The summed E-state index contributed by atoms with van der Waals surface area (Å²) in [5.74, 6) is 0. The van der Waals surface area contributed by atoms with Crippen molar-refractivity contribution in [1.29, 1.82) is 0 Å². The number of aliphatic hydroxyl groups is 1. The Balaban J connectivity index is 3.70. The number of aliphatic hydroxyl groups excluding tert-OH is 1. The minimum absolute atomic E-state index is 0.155. The summed E-state index contributed by atoms with van der Waals surface area (Å²) in [6.45, 7) is 4.22. The Kier molecular flexibility index (Phi) is 14.2. The molecule has 4 nitrogen and oxygen atoms in total. The molecule has 0 aliphatic carbocycles. The van der Waals surface area contributed by atoms with Gasteiger partial charge in [0.1, 0.15) is 0 Å². The molecule has 0 amide bonds. The third kappa shape index (κ3) is 14.0. The Morgan fingerprint density at radius 3 is 1.65 bits per heavy atom. The van der Waals surface area contributed by atoms with Crippen molar-refractivity contribution in [2.45, 2.75) is 115 Å². The first-order valence-electron chi connectivity index (χ1n) is 9.56. The number of rotatable bonds is 16. The molecule has 0 aliphatic rings. The molecule has 0 fully saturated rings. The first kappa shape index (κ1) is 22.9. The van der Waals surface area contributed by atoms with Crippen LogP contribution in [0.5, 0.6) is 0 Å². The van der Waals surface area contributed by atoms with Crippen LogP contribution < -0.4 is 0 Å². The molecule has 0 aromatic heterocycles. The summed E-state index contributed by atoms with van der Waals surface area (Å²) in [5, 5.41) is 9.17. The van der Waals surface area contributed by atoms with Crippen molar-refractivity contribution in [2.75, 3.05) is 0 Å². The second-order valence-electron chi connectivity index (χ2n) is 6.77. The van der Waals surface area contributed by atoms with E-state index in [1.165, 1.54) is 0 Å². The molecule has 2 unspecified atom stereocenters. The molecule has 0 bridgehead atoms. The van der Waals surface area contributed by atoms with E-state index in [4.69, 9.17) is 0 Å². The van der Waals surface area contributed by atoms with Gasteiger partial charge in [-0.3, -0.25) is 4.55 Å². The summed E-state index contributed by atoms with van der Waals surface area (Å²) >= 11 is 0. The lowest BCUT2D eigenvalue weighted by Gasteiger charge is -2.13. The van der Waals surface area contributed by atoms with Crippen LogP contribution in [-0.4, -0.2) is 29.4 Å². The van der Waals surface area contributed by atoms with E-state index in [1.807, 2.05) is 0 Å². The van der Waals surface area contributed by atoms with E-state index in [-0.39, 0.29) is 6.10 Å². The van der Waals surface area contributed by atoms with Crippen LogP contribution in [0.2, 0.25) is 0 Å². The topological polar surface area (TPSA) is 74.6 Å². The highest BCUT2D eigenvalue weighted by atomic mass is 32.2. The van der Waals surface area contributed by atoms with E-state index in [1.54, 1.807) is 0 Å². The van der Waals surface area contributed by atoms with Crippen LogP contribution in [0.15, 0.2) is 0 Å². The molecule has 2 N–H and O–H groups in total. The fourth-order valence-corrected chi connectivity index (χ4v) is 3.86.